The highest BCUT2D eigenvalue weighted by atomic mass is 16.6. The molecule has 0 spiro atoms. The Morgan fingerprint density at radius 3 is 2.44 bits per heavy atom. The van der Waals surface area contributed by atoms with Gasteiger partial charge in [0.2, 0.25) is 0 Å². The van der Waals surface area contributed by atoms with E-state index in [1.54, 1.807) is 19.1 Å². The maximum absolute atomic E-state index is 11.5. The fraction of sp³-hybridized carbons (Fsp3) is 0.462. The third-order valence-electron chi connectivity index (χ3n) is 2.72. The molecule has 0 heterocycles. The lowest BCUT2D eigenvalue weighted by molar-refractivity contribution is -0.384. The summed E-state index contributed by atoms with van der Waals surface area (Å²) in [5.74, 6) is 0.0850. The van der Waals surface area contributed by atoms with Crippen molar-refractivity contribution in [2.75, 3.05) is 6.54 Å². The van der Waals surface area contributed by atoms with E-state index in [0.717, 1.165) is 18.5 Å². The zero-order valence-corrected chi connectivity index (χ0v) is 10.7. The molecule has 1 unspecified atom stereocenters. The molecular weight excluding hydrogens is 232 g/mol. The Morgan fingerprint density at radius 2 is 2.00 bits per heavy atom. The second kappa shape index (κ2) is 6.86. The van der Waals surface area contributed by atoms with Gasteiger partial charge >= 0.3 is 0 Å². The first-order chi connectivity index (χ1) is 8.54. The van der Waals surface area contributed by atoms with Crippen LogP contribution < -0.4 is 5.32 Å². The van der Waals surface area contributed by atoms with Crippen LogP contribution in [0.2, 0.25) is 0 Å². The maximum Gasteiger partial charge on any atom is 0.269 e. The molecule has 0 saturated carbocycles. The molecule has 5 nitrogen and oxygen atoms in total. The number of ketones is 1. The highest BCUT2D eigenvalue weighted by Gasteiger charge is 2.14. The SMILES string of the molecule is CCCNC(Cc1ccc([N+](=O)[O-])cc1)C(C)=O. The Bertz CT molecular complexity index is 415. The van der Waals surface area contributed by atoms with Crippen LogP contribution in [-0.4, -0.2) is 23.3 Å². The van der Waals surface area contributed by atoms with Gasteiger partial charge in [-0.05, 0) is 31.9 Å². The highest BCUT2D eigenvalue weighted by molar-refractivity contribution is 5.81. The smallest absolute Gasteiger partial charge is 0.269 e. The number of nitro groups is 1. The number of non-ortho nitro benzene ring substituents is 1. The van der Waals surface area contributed by atoms with Crippen molar-refractivity contribution >= 4 is 11.5 Å². The van der Waals surface area contributed by atoms with E-state index in [-0.39, 0.29) is 17.5 Å². The topological polar surface area (TPSA) is 72.2 Å². The highest BCUT2D eigenvalue weighted by Crippen LogP contribution is 2.13. The molecule has 1 rings (SSSR count). The number of carbonyl (C=O) groups excluding carboxylic acids is 1. The molecule has 0 amide bonds. The van der Waals surface area contributed by atoms with Gasteiger partial charge in [0.15, 0.2) is 0 Å². The molecule has 0 aromatic heterocycles. The molecule has 0 aliphatic carbocycles. The Balaban J connectivity index is 2.68. The van der Waals surface area contributed by atoms with Gasteiger partial charge in [0.1, 0.15) is 5.78 Å². The fourth-order valence-corrected chi connectivity index (χ4v) is 1.67. The molecule has 5 heteroatoms. The van der Waals surface area contributed by atoms with Crippen molar-refractivity contribution < 1.29 is 9.72 Å². The van der Waals surface area contributed by atoms with Crippen LogP contribution in [0.1, 0.15) is 25.8 Å². The Morgan fingerprint density at radius 1 is 1.39 bits per heavy atom. The van der Waals surface area contributed by atoms with Crippen LogP contribution in [0.15, 0.2) is 24.3 Å². The van der Waals surface area contributed by atoms with E-state index in [1.165, 1.54) is 12.1 Å². The lowest BCUT2D eigenvalue weighted by atomic mass is 10.0. The number of rotatable bonds is 7. The zero-order chi connectivity index (χ0) is 13.5. The van der Waals surface area contributed by atoms with E-state index in [1.807, 2.05) is 6.92 Å². The summed E-state index contributed by atoms with van der Waals surface area (Å²) < 4.78 is 0. The first kappa shape index (κ1) is 14.3. The van der Waals surface area contributed by atoms with Crippen LogP contribution in [0, 0.1) is 10.1 Å². The molecule has 0 radical (unpaired) electrons. The lowest BCUT2D eigenvalue weighted by Gasteiger charge is -2.15. The first-order valence-corrected chi connectivity index (χ1v) is 6.01. The Labute approximate surface area is 106 Å². The van der Waals surface area contributed by atoms with Gasteiger partial charge < -0.3 is 5.32 Å². The molecule has 0 saturated heterocycles. The molecule has 0 aliphatic rings. The van der Waals surface area contributed by atoms with Gasteiger partial charge in [0.25, 0.3) is 5.69 Å². The molecule has 98 valence electrons. The van der Waals surface area contributed by atoms with Gasteiger partial charge in [-0.1, -0.05) is 19.1 Å². The number of hydrogen-bond donors (Lipinski definition) is 1. The van der Waals surface area contributed by atoms with Crippen LogP contribution in [-0.2, 0) is 11.2 Å². The predicted octanol–water partition coefficient (Wildman–Crippen LogP) is 2.09. The summed E-state index contributed by atoms with van der Waals surface area (Å²) in [7, 11) is 0. The summed E-state index contributed by atoms with van der Waals surface area (Å²) in [4.78, 5) is 21.6. The minimum Gasteiger partial charge on any atom is -0.307 e. The van der Waals surface area contributed by atoms with E-state index in [0.29, 0.717) is 6.42 Å². The molecule has 0 aliphatic heterocycles. The molecule has 1 aromatic carbocycles. The standard InChI is InChI=1S/C13H18N2O3/c1-3-8-14-13(10(2)16)9-11-4-6-12(7-5-11)15(17)18/h4-7,13-14H,3,8-9H2,1-2H3. The number of Topliss-reactive ketones (excluding diaryl/α,β-unsaturated/α-hetero) is 1. The van der Waals surface area contributed by atoms with Crippen molar-refractivity contribution in [1.29, 1.82) is 0 Å². The molecular formula is C13H18N2O3. The molecule has 1 N–H and O–H groups in total. The van der Waals surface area contributed by atoms with Crippen molar-refractivity contribution in [2.45, 2.75) is 32.7 Å². The van der Waals surface area contributed by atoms with E-state index in [9.17, 15) is 14.9 Å². The van der Waals surface area contributed by atoms with Gasteiger partial charge in [-0.25, -0.2) is 0 Å². The van der Waals surface area contributed by atoms with Crippen LogP contribution in [0.3, 0.4) is 0 Å². The Kier molecular flexibility index (Phi) is 5.45. The minimum atomic E-state index is -0.429. The average Bonchev–Trinajstić information content (AvgIpc) is 2.34. The number of nitrogens with one attached hydrogen (secondary N) is 1. The Hall–Kier alpha value is -1.75. The largest absolute Gasteiger partial charge is 0.307 e. The minimum absolute atomic E-state index is 0.0691. The van der Waals surface area contributed by atoms with Crippen molar-refractivity contribution in [3.63, 3.8) is 0 Å². The van der Waals surface area contributed by atoms with Gasteiger partial charge in [-0.15, -0.1) is 0 Å². The number of hydrogen-bond acceptors (Lipinski definition) is 4. The molecule has 0 bridgehead atoms. The second-order valence-corrected chi connectivity index (χ2v) is 4.25. The van der Waals surface area contributed by atoms with Gasteiger partial charge in [-0.2, -0.15) is 0 Å². The monoisotopic (exact) mass is 250 g/mol. The van der Waals surface area contributed by atoms with Crippen LogP contribution in [0.5, 0.6) is 0 Å². The van der Waals surface area contributed by atoms with Gasteiger partial charge in [0, 0.05) is 12.1 Å². The molecule has 1 aromatic rings. The van der Waals surface area contributed by atoms with E-state index in [2.05, 4.69) is 5.32 Å². The third-order valence-corrected chi connectivity index (χ3v) is 2.72. The maximum atomic E-state index is 11.5. The van der Waals surface area contributed by atoms with Gasteiger partial charge in [0.05, 0.1) is 11.0 Å². The molecule has 18 heavy (non-hydrogen) atoms. The summed E-state index contributed by atoms with van der Waals surface area (Å²) in [6, 6.07) is 6.11. The summed E-state index contributed by atoms with van der Waals surface area (Å²) in [6.07, 6.45) is 1.53. The third kappa shape index (κ3) is 4.25. The zero-order valence-electron chi connectivity index (χ0n) is 10.7. The van der Waals surface area contributed by atoms with E-state index < -0.39 is 4.92 Å². The molecule has 1 atom stereocenters. The summed E-state index contributed by atoms with van der Waals surface area (Å²) in [5, 5.41) is 13.7. The van der Waals surface area contributed by atoms with Crippen molar-refractivity contribution in [2.24, 2.45) is 0 Å². The fourth-order valence-electron chi connectivity index (χ4n) is 1.67. The number of nitrogens with zero attached hydrogens (tertiary/aromatic N) is 1. The summed E-state index contributed by atoms with van der Waals surface area (Å²) in [5.41, 5.74) is 0.990. The van der Waals surface area contributed by atoms with Crippen molar-refractivity contribution in [3.05, 3.63) is 39.9 Å². The van der Waals surface area contributed by atoms with Crippen molar-refractivity contribution in [1.82, 2.24) is 5.32 Å². The number of nitro benzene ring substituents is 1. The quantitative estimate of drug-likeness (QED) is 0.594. The van der Waals surface area contributed by atoms with Crippen LogP contribution in [0.25, 0.3) is 0 Å². The summed E-state index contributed by atoms with van der Waals surface area (Å²) >= 11 is 0. The predicted molar refractivity (Wildman–Crippen MR) is 69.6 cm³/mol. The second-order valence-electron chi connectivity index (χ2n) is 4.25. The average molecular weight is 250 g/mol. The first-order valence-electron chi connectivity index (χ1n) is 6.01. The number of carbonyl (C=O) groups is 1. The van der Waals surface area contributed by atoms with Crippen LogP contribution in [0.4, 0.5) is 5.69 Å². The van der Waals surface area contributed by atoms with Gasteiger partial charge in [-0.3, -0.25) is 14.9 Å². The van der Waals surface area contributed by atoms with Crippen molar-refractivity contribution in [3.8, 4) is 0 Å². The van der Waals surface area contributed by atoms with E-state index >= 15 is 0 Å². The summed E-state index contributed by atoms with van der Waals surface area (Å²) in [6.45, 7) is 4.38. The number of benzene rings is 1. The lowest BCUT2D eigenvalue weighted by Crippen LogP contribution is -2.37. The molecule has 0 fully saturated rings. The van der Waals surface area contributed by atoms with E-state index in [4.69, 9.17) is 0 Å². The normalized spacial score (nSPS) is 12.1. The van der Waals surface area contributed by atoms with Crippen LogP contribution >= 0.6 is 0 Å².